The Hall–Kier alpha value is -0.680. The minimum absolute atomic E-state index is 0.307. The van der Waals surface area contributed by atoms with Crippen molar-refractivity contribution in [3.05, 3.63) is 17.6 Å². The third-order valence-electron chi connectivity index (χ3n) is 1.95. The zero-order valence-corrected chi connectivity index (χ0v) is 11.5. The van der Waals surface area contributed by atoms with Crippen molar-refractivity contribution in [2.75, 3.05) is 5.75 Å². The number of aromatic nitrogens is 2. The van der Waals surface area contributed by atoms with E-state index in [2.05, 4.69) is 30.7 Å². The normalized spacial score (nSPS) is 10.8. The van der Waals surface area contributed by atoms with Crippen molar-refractivity contribution in [1.82, 2.24) is 9.97 Å². The van der Waals surface area contributed by atoms with E-state index < -0.39 is 0 Å². The lowest BCUT2D eigenvalue weighted by atomic mass is 10.1. The molecule has 16 heavy (non-hydrogen) atoms. The van der Waals surface area contributed by atoms with Crippen molar-refractivity contribution in [3.8, 4) is 0 Å². The third-order valence-corrected chi connectivity index (χ3v) is 3.04. The average molecular weight is 255 g/mol. The van der Waals surface area contributed by atoms with Gasteiger partial charge in [0.05, 0.1) is 11.9 Å². The second-order valence-electron chi connectivity index (χ2n) is 3.90. The minimum atomic E-state index is 0.307. The van der Waals surface area contributed by atoms with Crippen LogP contribution >= 0.6 is 24.0 Å². The van der Waals surface area contributed by atoms with Crippen LogP contribution in [0.1, 0.15) is 32.2 Å². The standard InChI is InChI=1S/C11H17N3S2/c1-4-16-11-8(5-7(2)3)13-6-9(14-11)10(12)15/h6-7H,4-5H2,1-3H3,(H2,12,15). The highest BCUT2D eigenvalue weighted by Gasteiger charge is 2.10. The summed E-state index contributed by atoms with van der Waals surface area (Å²) in [6.07, 6.45) is 2.60. The number of hydrogen-bond donors (Lipinski definition) is 1. The molecule has 1 heterocycles. The van der Waals surface area contributed by atoms with Crippen LogP contribution in [0.3, 0.4) is 0 Å². The molecule has 0 fully saturated rings. The zero-order valence-electron chi connectivity index (χ0n) is 9.86. The van der Waals surface area contributed by atoms with Crippen LogP contribution in [-0.4, -0.2) is 20.7 Å². The van der Waals surface area contributed by atoms with E-state index in [0.717, 1.165) is 22.9 Å². The Morgan fingerprint density at radius 1 is 1.56 bits per heavy atom. The van der Waals surface area contributed by atoms with Crippen molar-refractivity contribution in [3.63, 3.8) is 0 Å². The van der Waals surface area contributed by atoms with Gasteiger partial charge in [0.15, 0.2) is 0 Å². The largest absolute Gasteiger partial charge is 0.388 e. The molecule has 1 aromatic heterocycles. The van der Waals surface area contributed by atoms with Crippen LogP contribution in [0.25, 0.3) is 0 Å². The zero-order chi connectivity index (χ0) is 12.1. The van der Waals surface area contributed by atoms with E-state index in [1.54, 1.807) is 18.0 Å². The van der Waals surface area contributed by atoms with Gasteiger partial charge < -0.3 is 5.73 Å². The molecule has 1 rings (SSSR count). The van der Waals surface area contributed by atoms with Gasteiger partial charge in [-0.25, -0.2) is 4.98 Å². The highest BCUT2D eigenvalue weighted by molar-refractivity contribution is 7.99. The van der Waals surface area contributed by atoms with Gasteiger partial charge in [-0.1, -0.05) is 33.0 Å². The predicted molar refractivity (Wildman–Crippen MR) is 72.9 cm³/mol. The van der Waals surface area contributed by atoms with Gasteiger partial charge in [-0.3, -0.25) is 4.98 Å². The monoisotopic (exact) mass is 255 g/mol. The van der Waals surface area contributed by atoms with Gasteiger partial charge in [0, 0.05) is 0 Å². The first-order chi connectivity index (χ1) is 7.54. The van der Waals surface area contributed by atoms with E-state index in [1.165, 1.54) is 0 Å². The Morgan fingerprint density at radius 2 is 2.25 bits per heavy atom. The molecule has 0 bridgehead atoms. The van der Waals surface area contributed by atoms with Crippen LogP contribution in [-0.2, 0) is 6.42 Å². The molecule has 0 amide bonds. The second-order valence-corrected chi connectivity index (χ2v) is 5.59. The quantitative estimate of drug-likeness (QED) is 0.647. The van der Waals surface area contributed by atoms with E-state index in [9.17, 15) is 0 Å². The van der Waals surface area contributed by atoms with E-state index in [0.29, 0.717) is 16.6 Å². The molecule has 0 aliphatic heterocycles. The summed E-state index contributed by atoms with van der Waals surface area (Å²) in [4.78, 5) is 9.16. The highest BCUT2D eigenvalue weighted by atomic mass is 32.2. The first kappa shape index (κ1) is 13.4. The van der Waals surface area contributed by atoms with Gasteiger partial charge >= 0.3 is 0 Å². The van der Waals surface area contributed by atoms with Gasteiger partial charge in [0.2, 0.25) is 0 Å². The van der Waals surface area contributed by atoms with Crippen molar-refractivity contribution in [2.24, 2.45) is 11.7 Å². The molecular weight excluding hydrogens is 238 g/mol. The Morgan fingerprint density at radius 3 is 2.75 bits per heavy atom. The van der Waals surface area contributed by atoms with Crippen LogP contribution < -0.4 is 5.73 Å². The fourth-order valence-electron chi connectivity index (χ4n) is 1.29. The SMILES string of the molecule is CCSc1nc(C(N)=S)cnc1CC(C)C. The van der Waals surface area contributed by atoms with Crippen LogP contribution in [0.15, 0.2) is 11.2 Å². The van der Waals surface area contributed by atoms with Crippen molar-refractivity contribution >= 4 is 29.0 Å². The summed E-state index contributed by atoms with van der Waals surface area (Å²) in [5, 5.41) is 0.960. The smallest absolute Gasteiger partial charge is 0.124 e. The summed E-state index contributed by atoms with van der Waals surface area (Å²) in [6, 6.07) is 0. The third kappa shape index (κ3) is 3.72. The van der Waals surface area contributed by atoms with Crippen LogP contribution in [0.5, 0.6) is 0 Å². The summed E-state index contributed by atoms with van der Waals surface area (Å²) >= 11 is 6.59. The number of hydrogen-bond acceptors (Lipinski definition) is 4. The lowest BCUT2D eigenvalue weighted by molar-refractivity contribution is 0.621. The maximum absolute atomic E-state index is 5.55. The van der Waals surface area contributed by atoms with E-state index in [1.807, 2.05) is 0 Å². The molecule has 0 atom stereocenters. The summed E-state index contributed by atoms with van der Waals surface area (Å²) in [5.41, 5.74) is 7.20. The van der Waals surface area contributed by atoms with Crippen molar-refractivity contribution in [2.45, 2.75) is 32.2 Å². The Kier molecular flexibility index (Phi) is 5.15. The maximum atomic E-state index is 5.55. The first-order valence-corrected chi connectivity index (χ1v) is 6.72. The number of nitrogens with two attached hydrogens (primary N) is 1. The van der Waals surface area contributed by atoms with E-state index in [4.69, 9.17) is 18.0 Å². The highest BCUT2D eigenvalue weighted by Crippen LogP contribution is 2.21. The van der Waals surface area contributed by atoms with Crippen molar-refractivity contribution < 1.29 is 0 Å². The molecule has 0 aliphatic carbocycles. The minimum Gasteiger partial charge on any atom is -0.388 e. The van der Waals surface area contributed by atoms with Gasteiger partial charge in [0.25, 0.3) is 0 Å². The summed E-state index contributed by atoms with van der Waals surface area (Å²) in [5.74, 6) is 1.54. The summed E-state index contributed by atoms with van der Waals surface area (Å²) in [6.45, 7) is 6.44. The van der Waals surface area contributed by atoms with Gasteiger partial charge in [-0.15, -0.1) is 11.8 Å². The molecule has 0 aliphatic rings. The van der Waals surface area contributed by atoms with E-state index in [-0.39, 0.29) is 0 Å². The lowest BCUT2D eigenvalue weighted by Crippen LogP contribution is -2.14. The average Bonchev–Trinajstić information content (AvgIpc) is 2.20. The molecule has 0 spiro atoms. The molecule has 0 radical (unpaired) electrons. The predicted octanol–water partition coefficient (Wildman–Crippen LogP) is 2.42. The molecule has 0 unspecified atom stereocenters. The Labute approximate surface area is 106 Å². The fourth-order valence-corrected chi connectivity index (χ4v) is 2.13. The van der Waals surface area contributed by atoms with Gasteiger partial charge in [-0.2, -0.15) is 0 Å². The molecule has 0 aromatic carbocycles. The number of thiocarbonyl (C=S) groups is 1. The van der Waals surface area contributed by atoms with Gasteiger partial charge in [0.1, 0.15) is 15.7 Å². The molecule has 0 saturated carbocycles. The summed E-state index contributed by atoms with van der Waals surface area (Å²) in [7, 11) is 0. The molecule has 2 N–H and O–H groups in total. The van der Waals surface area contributed by atoms with Crippen LogP contribution in [0.2, 0.25) is 0 Å². The van der Waals surface area contributed by atoms with E-state index >= 15 is 0 Å². The van der Waals surface area contributed by atoms with Gasteiger partial charge in [-0.05, 0) is 18.1 Å². The Balaban J connectivity index is 3.03. The molecular formula is C11H17N3S2. The van der Waals surface area contributed by atoms with Crippen LogP contribution in [0.4, 0.5) is 0 Å². The molecule has 5 heteroatoms. The van der Waals surface area contributed by atoms with Crippen LogP contribution in [0, 0.1) is 5.92 Å². The Bertz CT molecular complexity index is 377. The summed E-state index contributed by atoms with van der Waals surface area (Å²) < 4.78 is 0. The fraction of sp³-hybridized carbons (Fsp3) is 0.545. The molecule has 88 valence electrons. The maximum Gasteiger partial charge on any atom is 0.124 e. The molecule has 0 saturated heterocycles. The molecule has 1 aromatic rings. The number of rotatable bonds is 5. The topological polar surface area (TPSA) is 51.8 Å². The second kappa shape index (κ2) is 6.15. The molecule has 3 nitrogen and oxygen atoms in total. The first-order valence-electron chi connectivity index (χ1n) is 5.33. The van der Waals surface area contributed by atoms with Crippen molar-refractivity contribution in [1.29, 1.82) is 0 Å². The lowest BCUT2D eigenvalue weighted by Gasteiger charge is -2.10. The number of thioether (sulfide) groups is 1. The number of nitrogens with zero attached hydrogens (tertiary/aromatic N) is 2.